The van der Waals surface area contributed by atoms with Crippen molar-refractivity contribution in [3.05, 3.63) is 11.8 Å². The number of carbonyl (C=O) groups excluding carboxylic acids is 2. The van der Waals surface area contributed by atoms with Crippen molar-refractivity contribution >= 4 is 11.9 Å². The smallest absolute Gasteiger partial charge is 0.307 e. The van der Waals surface area contributed by atoms with Crippen LogP contribution in [0.2, 0.25) is 0 Å². The Balaban J connectivity index is 2.31. The maximum atomic E-state index is 11.7. The molecule has 1 aromatic rings. The van der Waals surface area contributed by atoms with E-state index >= 15 is 0 Å². The van der Waals surface area contributed by atoms with Gasteiger partial charge >= 0.3 is 5.97 Å². The van der Waals surface area contributed by atoms with E-state index in [1.807, 2.05) is 0 Å². The van der Waals surface area contributed by atoms with Crippen LogP contribution in [0.5, 0.6) is 5.88 Å². The van der Waals surface area contributed by atoms with Crippen LogP contribution in [0.4, 0.5) is 0 Å². The number of nitrogens with one attached hydrogen (secondary N) is 1. The normalized spacial score (nSPS) is 10.1. The van der Waals surface area contributed by atoms with Crippen LogP contribution >= 0.6 is 0 Å². The van der Waals surface area contributed by atoms with Gasteiger partial charge in [0, 0.05) is 6.54 Å². The maximum Gasteiger partial charge on any atom is 0.307 e. The van der Waals surface area contributed by atoms with Gasteiger partial charge in [-0.2, -0.15) is 0 Å². The van der Waals surface area contributed by atoms with E-state index in [1.165, 1.54) is 6.07 Å². The molecule has 0 aromatic carbocycles. The van der Waals surface area contributed by atoms with Crippen molar-refractivity contribution in [3.63, 3.8) is 0 Å². The molecule has 0 aliphatic carbocycles. The molecule has 0 saturated heterocycles. The molecule has 3 N–H and O–H groups in total. The second-order valence-electron chi connectivity index (χ2n) is 3.83. The number of ether oxygens (including phenoxy) is 2. The summed E-state index contributed by atoms with van der Waals surface area (Å²) in [5.41, 5.74) is 5.32. The number of amides is 1. The van der Waals surface area contributed by atoms with Crippen LogP contribution in [0, 0.1) is 0 Å². The summed E-state index contributed by atoms with van der Waals surface area (Å²) in [6.07, 6.45) is 0.793. The highest BCUT2D eigenvalue weighted by molar-refractivity contribution is 5.91. The summed E-state index contributed by atoms with van der Waals surface area (Å²) in [6, 6.07) is 1.39. The molecule has 1 rings (SSSR count). The van der Waals surface area contributed by atoms with Crippen LogP contribution in [0.1, 0.15) is 30.3 Å². The zero-order valence-corrected chi connectivity index (χ0v) is 11.4. The fraction of sp³-hybridized carbons (Fsp3) is 0.583. The molecule has 0 saturated carbocycles. The number of hydrogen-bond acceptors (Lipinski definition) is 7. The Labute approximate surface area is 116 Å². The molecule has 0 fully saturated rings. The lowest BCUT2D eigenvalue weighted by atomic mass is 10.4. The van der Waals surface area contributed by atoms with Crippen LogP contribution in [0.3, 0.4) is 0 Å². The van der Waals surface area contributed by atoms with Gasteiger partial charge in [-0.05, 0) is 25.0 Å². The molecule has 8 heteroatoms. The minimum atomic E-state index is -0.463. The molecule has 0 aliphatic heterocycles. The van der Waals surface area contributed by atoms with Gasteiger partial charge in [-0.25, -0.2) is 0 Å². The second-order valence-corrected chi connectivity index (χ2v) is 3.83. The van der Waals surface area contributed by atoms with E-state index in [9.17, 15) is 9.59 Å². The average Bonchev–Trinajstić information content (AvgIpc) is 2.88. The quantitative estimate of drug-likeness (QED) is 0.487. The van der Waals surface area contributed by atoms with Gasteiger partial charge in [0.2, 0.25) is 5.76 Å². The van der Waals surface area contributed by atoms with E-state index in [0.717, 1.165) is 0 Å². The summed E-state index contributed by atoms with van der Waals surface area (Å²) >= 11 is 0. The molecule has 0 aliphatic rings. The molecule has 8 nitrogen and oxygen atoms in total. The van der Waals surface area contributed by atoms with Crippen molar-refractivity contribution in [2.75, 3.05) is 26.3 Å². The first-order chi connectivity index (χ1) is 9.67. The highest BCUT2D eigenvalue weighted by Gasteiger charge is 2.13. The lowest BCUT2D eigenvalue weighted by Crippen LogP contribution is -2.26. The van der Waals surface area contributed by atoms with Crippen LogP contribution in [-0.2, 0) is 9.53 Å². The lowest BCUT2D eigenvalue weighted by molar-refractivity contribution is -0.142. The van der Waals surface area contributed by atoms with E-state index in [4.69, 9.17) is 19.7 Å². The van der Waals surface area contributed by atoms with Gasteiger partial charge in [-0.3, -0.25) is 9.59 Å². The summed E-state index contributed by atoms with van der Waals surface area (Å²) in [5, 5.41) is 6.11. The number of rotatable bonds is 9. The molecule has 0 bridgehead atoms. The molecule has 20 heavy (non-hydrogen) atoms. The zero-order chi connectivity index (χ0) is 14.8. The maximum absolute atomic E-state index is 11.7. The first kappa shape index (κ1) is 16.0. The topological polar surface area (TPSA) is 117 Å². The van der Waals surface area contributed by atoms with E-state index in [-0.39, 0.29) is 30.6 Å². The second kappa shape index (κ2) is 8.92. The molecule has 0 unspecified atom stereocenters. The largest absolute Gasteiger partial charge is 0.475 e. The summed E-state index contributed by atoms with van der Waals surface area (Å²) < 4.78 is 14.8. The molecule has 1 aromatic heterocycles. The van der Waals surface area contributed by atoms with Crippen LogP contribution in [0.25, 0.3) is 0 Å². The van der Waals surface area contributed by atoms with Gasteiger partial charge in [-0.15, -0.1) is 0 Å². The number of hydrogen-bond donors (Lipinski definition) is 2. The average molecular weight is 285 g/mol. The van der Waals surface area contributed by atoms with Crippen molar-refractivity contribution in [2.45, 2.75) is 19.8 Å². The Kier molecular flexibility index (Phi) is 7.12. The van der Waals surface area contributed by atoms with Gasteiger partial charge in [0.25, 0.3) is 11.8 Å². The zero-order valence-electron chi connectivity index (χ0n) is 11.4. The van der Waals surface area contributed by atoms with E-state index in [2.05, 4.69) is 10.5 Å². The van der Waals surface area contributed by atoms with E-state index in [0.29, 0.717) is 26.2 Å². The van der Waals surface area contributed by atoms with Crippen molar-refractivity contribution < 1.29 is 23.6 Å². The number of nitrogens with two attached hydrogens (primary N) is 1. The third-order valence-electron chi connectivity index (χ3n) is 2.23. The summed E-state index contributed by atoms with van der Waals surface area (Å²) in [7, 11) is 0. The minimum Gasteiger partial charge on any atom is -0.475 e. The molecular formula is C12H19N3O5. The molecule has 1 amide bonds. The summed E-state index contributed by atoms with van der Waals surface area (Å²) in [6.45, 7) is 3.13. The van der Waals surface area contributed by atoms with Crippen molar-refractivity contribution in [1.82, 2.24) is 10.5 Å². The Morgan fingerprint density at radius 2 is 2.30 bits per heavy atom. The molecule has 0 atom stereocenters. The predicted molar refractivity (Wildman–Crippen MR) is 69.3 cm³/mol. The Hall–Kier alpha value is -2.09. The number of aromatic nitrogens is 1. The third kappa shape index (κ3) is 5.70. The molecule has 0 spiro atoms. The van der Waals surface area contributed by atoms with Gasteiger partial charge in [-0.1, -0.05) is 0 Å². The molecule has 0 radical (unpaired) electrons. The SMILES string of the molecule is CCOC(=O)CCNC(=O)c1cc(OCCCN)no1. The fourth-order valence-electron chi connectivity index (χ4n) is 1.29. The predicted octanol–water partition coefficient (Wildman–Crippen LogP) is 0.0852. The number of nitrogens with zero attached hydrogens (tertiary/aromatic N) is 1. The van der Waals surface area contributed by atoms with Crippen molar-refractivity contribution in [1.29, 1.82) is 0 Å². The van der Waals surface area contributed by atoms with E-state index in [1.54, 1.807) is 6.92 Å². The molecular weight excluding hydrogens is 266 g/mol. The summed E-state index contributed by atoms with van der Waals surface area (Å²) in [4.78, 5) is 22.7. The Morgan fingerprint density at radius 1 is 1.50 bits per heavy atom. The van der Waals surface area contributed by atoms with E-state index < -0.39 is 5.91 Å². The van der Waals surface area contributed by atoms with Crippen LogP contribution < -0.4 is 15.8 Å². The Bertz CT molecular complexity index is 432. The molecule has 112 valence electrons. The fourth-order valence-corrected chi connectivity index (χ4v) is 1.29. The lowest BCUT2D eigenvalue weighted by Gasteiger charge is -2.02. The van der Waals surface area contributed by atoms with Crippen LogP contribution in [-0.4, -0.2) is 43.3 Å². The standard InChI is InChI=1S/C12H19N3O5/c1-2-18-11(16)4-6-14-12(17)9-8-10(15-20-9)19-7-3-5-13/h8H,2-7,13H2,1H3,(H,14,17). The number of esters is 1. The third-order valence-corrected chi connectivity index (χ3v) is 2.23. The van der Waals surface area contributed by atoms with Gasteiger partial charge in [0.15, 0.2) is 0 Å². The van der Waals surface area contributed by atoms with Crippen molar-refractivity contribution in [3.8, 4) is 5.88 Å². The first-order valence-corrected chi connectivity index (χ1v) is 6.40. The monoisotopic (exact) mass is 285 g/mol. The first-order valence-electron chi connectivity index (χ1n) is 6.40. The van der Waals surface area contributed by atoms with Gasteiger partial charge in [0.05, 0.1) is 25.7 Å². The number of carbonyl (C=O) groups is 2. The molecule has 1 heterocycles. The van der Waals surface area contributed by atoms with Crippen molar-refractivity contribution in [2.24, 2.45) is 5.73 Å². The highest BCUT2D eigenvalue weighted by Crippen LogP contribution is 2.11. The Morgan fingerprint density at radius 3 is 3.00 bits per heavy atom. The van der Waals surface area contributed by atoms with Crippen LogP contribution in [0.15, 0.2) is 10.6 Å². The van der Waals surface area contributed by atoms with Gasteiger partial charge in [0.1, 0.15) is 0 Å². The summed E-state index contributed by atoms with van der Waals surface area (Å²) in [5.74, 6) is -0.572. The highest BCUT2D eigenvalue weighted by atomic mass is 16.5. The minimum absolute atomic E-state index is 0.0246. The van der Waals surface area contributed by atoms with Gasteiger partial charge < -0.3 is 25.0 Å².